The molecular formula is C15H14ClNO2. The van der Waals surface area contributed by atoms with E-state index in [-0.39, 0.29) is 16.7 Å². The molecule has 0 unspecified atom stereocenters. The summed E-state index contributed by atoms with van der Waals surface area (Å²) in [4.78, 5) is 12.0. The molecule has 3 nitrogen and oxygen atoms in total. The van der Waals surface area contributed by atoms with Crippen molar-refractivity contribution < 1.29 is 9.90 Å². The minimum absolute atomic E-state index is 0.0366. The molecule has 0 bridgehead atoms. The third-order valence-corrected chi connectivity index (χ3v) is 3.13. The van der Waals surface area contributed by atoms with Gasteiger partial charge in [0.25, 0.3) is 5.91 Å². The van der Waals surface area contributed by atoms with Crippen LogP contribution >= 0.6 is 11.6 Å². The van der Waals surface area contributed by atoms with Crippen molar-refractivity contribution in [2.75, 3.05) is 5.32 Å². The van der Waals surface area contributed by atoms with E-state index >= 15 is 0 Å². The first kappa shape index (κ1) is 13.4. The predicted octanol–water partition coefficient (Wildman–Crippen LogP) is 3.86. The summed E-state index contributed by atoms with van der Waals surface area (Å²) in [7, 11) is 0. The van der Waals surface area contributed by atoms with Crippen LogP contribution in [0.25, 0.3) is 0 Å². The molecule has 0 aromatic heterocycles. The van der Waals surface area contributed by atoms with Gasteiger partial charge in [0.1, 0.15) is 5.75 Å². The van der Waals surface area contributed by atoms with Gasteiger partial charge in [-0.2, -0.15) is 0 Å². The first-order valence-corrected chi connectivity index (χ1v) is 6.36. The zero-order chi connectivity index (χ0) is 13.8. The zero-order valence-corrected chi connectivity index (χ0v) is 11.2. The predicted molar refractivity (Wildman–Crippen MR) is 76.9 cm³/mol. The smallest absolute Gasteiger partial charge is 0.255 e. The van der Waals surface area contributed by atoms with E-state index in [1.807, 2.05) is 24.3 Å². The number of aryl methyl sites for hydroxylation is 1. The lowest BCUT2D eigenvalue weighted by atomic mass is 10.1. The summed E-state index contributed by atoms with van der Waals surface area (Å²) in [5, 5.41) is 12.2. The first-order valence-electron chi connectivity index (χ1n) is 5.99. The minimum atomic E-state index is -0.258. The van der Waals surface area contributed by atoms with Crippen molar-refractivity contribution in [2.24, 2.45) is 0 Å². The maximum atomic E-state index is 12.0. The molecule has 0 atom stereocenters. The standard InChI is InChI=1S/C15H14ClNO2/c1-2-10-3-6-12(7-4-10)17-15(19)11-5-8-14(18)13(16)9-11/h3-9,18H,2H2,1H3,(H,17,19). The molecule has 0 heterocycles. The van der Waals surface area contributed by atoms with Crippen LogP contribution in [0.15, 0.2) is 42.5 Å². The largest absolute Gasteiger partial charge is 0.506 e. The van der Waals surface area contributed by atoms with E-state index in [1.54, 1.807) is 0 Å². The molecule has 0 aliphatic rings. The molecule has 0 aliphatic heterocycles. The summed E-state index contributed by atoms with van der Waals surface area (Å²) in [6.45, 7) is 2.08. The van der Waals surface area contributed by atoms with Crippen LogP contribution in [0.5, 0.6) is 5.75 Å². The quantitative estimate of drug-likeness (QED) is 0.894. The van der Waals surface area contributed by atoms with Crippen LogP contribution in [0, 0.1) is 0 Å². The minimum Gasteiger partial charge on any atom is -0.506 e. The summed E-state index contributed by atoms with van der Waals surface area (Å²) in [6.07, 6.45) is 0.960. The van der Waals surface area contributed by atoms with Crippen molar-refractivity contribution in [2.45, 2.75) is 13.3 Å². The number of nitrogens with one attached hydrogen (secondary N) is 1. The SMILES string of the molecule is CCc1ccc(NC(=O)c2ccc(O)c(Cl)c2)cc1. The van der Waals surface area contributed by atoms with Crippen molar-refractivity contribution in [3.63, 3.8) is 0 Å². The van der Waals surface area contributed by atoms with Gasteiger partial charge in [-0.25, -0.2) is 0 Å². The van der Waals surface area contributed by atoms with Gasteiger partial charge in [-0.1, -0.05) is 30.7 Å². The van der Waals surface area contributed by atoms with E-state index in [0.717, 1.165) is 12.1 Å². The van der Waals surface area contributed by atoms with E-state index in [0.29, 0.717) is 5.56 Å². The van der Waals surface area contributed by atoms with Crippen LogP contribution in [0.1, 0.15) is 22.8 Å². The lowest BCUT2D eigenvalue weighted by Gasteiger charge is -2.07. The van der Waals surface area contributed by atoms with Gasteiger partial charge < -0.3 is 10.4 Å². The molecule has 2 aromatic carbocycles. The molecule has 98 valence electrons. The number of hydrogen-bond donors (Lipinski definition) is 2. The Balaban J connectivity index is 2.13. The van der Waals surface area contributed by atoms with Gasteiger partial charge in [-0.05, 0) is 42.3 Å². The number of anilines is 1. The molecule has 0 saturated carbocycles. The second-order valence-electron chi connectivity index (χ2n) is 4.17. The number of halogens is 1. The fourth-order valence-electron chi connectivity index (χ4n) is 1.68. The molecule has 0 saturated heterocycles. The number of hydrogen-bond acceptors (Lipinski definition) is 2. The van der Waals surface area contributed by atoms with E-state index in [1.165, 1.54) is 23.8 Å². The van der Waals surface area contributed by atoms with E-state index in [9.17, 15) is 9.90 Å². The fourth-order valence-corrected chi connectivity index (χ4v) is 1.86. The van der Waals surface area contributed by atoms with E-state index < -0.39 is 0 Å². The summed E-state index contributed by atoms with van der Waals surface area (Å²) in [5.74, 6) is -0.295. The van der Waals surface area contributed by atoms with Crippen LogP contribution in [0.3, 0.4) is 0 Å². The Morgan fingerprint density at radius 2 is 1.89 bits per heavy atom. The summed E-state index contributed by atoms with van der Waals surface area (Å²) in [6, 6.07) is 12.0. The number of benzene rings is 2. The second kappa shape index (κ2) is 5.76. The Morgan fingerprint density at radius 1 is 1.21 bits per heavy atom. The Labute approximate surface area is 116 Å². The lowest BCUT2D eigenvalue weighted by molar-refractivity contribution is 0.102. The average Bonchev–Trinajstić information content (AvgIpc) is 2.42. The van der Waals surface area contributed by atoms with Crippen molar-refractivity contribution >= 4 is 23.2 Å². The molecule has 0 radical (unpaired) electrons. The highest BCUT2D eigenvalue weighted by molar-refractivity contribution is 6.32. The maximum Gasteiger partial charge on any atom is 0.255 e. The van der Waals surface area contributed by atoms with Crippen LogP contribution in [-0.2, 0) is 6.42 Å². The first-order chi connectivity index (χ1) is 9.10. The molecular weight excluding hydrogens is 262 g/mol. The van der Waals surface area contributed by atoms with E-state index in [2.05, 4.69) is 12.2 Å². The Bertz CT molecular complexity index is 594. The molecule has 2 N–H and O–H groups in total. The van der Waals surface area contributed by atoms with Crippen molar-refractivity contribution in [1.82, 2.24) is 0 Å². The molecule has 1 amide bonds. The van der Waals surface area contributed by atoms with Crippen molar-refractivity contribution in [3.8, 4) is 5.75 Å². The van der Waals surface area contributed by atoms with Crippen molar-refractivity contribution in [1.29, 1.82) is 0 Å². The Hall–Kier alpha value is -2.00. The highest BCUT2D eigenvalue weighted by atomic mass is 35.5. The van der Waals surface area contributed by atoms with Gasteiger partial charge in [0.15, 0.2) is 0 Å². The van der Waals surface area contributed by atoms with Gasteiger partial charge in [0, 0.05) is 11.3 Å². The molecule has 2 aromatic rings. The average molecular weight is 276 g/mol. The fraction of sp³-hybridized carbons (Fsp3) is 0.133. The number of aromatic hydroxyl groups is 1. The molecule has 0 aliphatic carbocycles. The topological polar surface area (TPSA) is 49.3 Å². The van der Waals surface area contributed by atoms with Gasteiger partial charge in [0.2, 0.25) is 0 Å². The van der Waals surface area contributed by atoms with Crippen LogP contribution in [0.2, 0.25) is 5.02 Å². The number of phenolic OH excluding ortho intramolecular Hbond substituents is 1. The molecule has 4 heteroatoms. The zero-order valence-electron chi connectivity index (χ0n) is 10.5. The van der Waals surface area contributed by atoms with Crippen LogP contribution < -0.4 is 5.32 Å². The number of carbonyl (C=O) groups is 1. The highest BCUT2D eigenvalue weighted by Gasteiger charge is 2.08. The second-order valence-corrected chi connectivity index (χ2v) is 4.58. The summed E-state index contributed by atoms with van der Waals surface area (Å²) in [5.41, 5.74) is 2.35. The maximum absolute atomic E-state index is 12.0. The van der Waals surface area contributed by atoms with Crippen molar-refractivity contribution in [3.05, 3.63) is 58.6 Å². The summed E-state index contributed by atoms with van der Waals surface area (Å²) >= 11 is 5.77. The van der Waals surface area contributed by atoms with Crippen LogP contribution in [0.4, 0.5) is 5.69 Å². The monoisotopic (exact) mass is 275 g/mol. The van der Waals surface area contributed by atoms with Gasteiger partial charge >= 0.3 is 0 Å². The van der Waals surface area contributed by atoms with E-state index in [4.69, 9.17) is 11.6 Å². The third kappa shape index (κ3) is 3.26. The summed E-state index contributed by atoms with van der Waals surface area (Å²) < 4.78 is 0. The van der Waals surface area contributed by atoms with Crippen LogP contribution in [-0.4, -0.2) is 11.0 Å². The Kier molecular flexibility index (Phi) is 4.07. The number of phenols is 1. The Morgan fingerprint density at radius 3 is 2.47 bits per heavy atom. The molecule has 2 rings (SSSR count). The number of amides is 1. The third-order valence-electron chi connectivity index (χ3n) is 2.83. The molecule has 19 heavy (non-hydrogen) atoms. The lowest BCUT2D eigenvalue weighted by Crippen LogP contribution is -2.11. The number of carbonyl (C=O) groups excluding carboxylic acids is 1. The highest BCUT2D eigenvalue weighted by Crippen LogP contribution is 2.24. The molecule has 0 spiro atoms. The number of rotatable bonds is 3. The van der Waals surface area contributed by atoms with Gasteiger partial charge in [-0.15, -0.1) is 0 Å². The van der Waals surface area contributed by atoms with Gasteiger partial charge in [0.05, 0.1) is 5.02 Å². The molecule has 0 fully saturated rings. The normalized spacial score (nSPS) is 10.2. The van der Waals surface area contributed by atoms with Gasteiger partial charge in [-0.3, -0.25) is 4.79 Å².